The Morgan fingerprint density at radius 3 is 2.44 bits per heavy atom. The van der Waals surface area contributed by atoms with Crippen LogP contribution < -0.4 is 23.6 Å². The molecule has 94 valence electrons. The van der Waals surface area contributed by atoms with Crippen molar-refractivity contribution in [1.82, 2.24) is 0 Å². The van der Waals surface area contributed by atoms with E-state index in [1.165, 1.54) is 7.11 Å². The van der Waals surface area contributed by atoms with E-state index in [-0.39, 0.29) is 24.6 Å². The molecule has 18 heavy (non-hydrogen) atoms. The molecule has 0 spiro atoms. The Labute approximate surface area is 132 Å². The molecule has 0 saturated heterocycles. The van der Waals surface area contributed by atoms with Gasteiger partial charge >= 0.3 is 18.9 Å². The van der Waals surface area contributed by atoms with Gasteiger partial charge in [0.1, 0.15) is 5.75 Å². The summed E-state index contributed by atoms with van der Waals surface area (Å²) in [5.41, 5.74) is 0.385. The number of ether oxygens (including phenoxy) is 1. The summed E-state index contributed by atoms with van der Waals surface area (Å²) >= 11 is 12.0. The molecule has 0 N–H and O–H groups in total. The molecule has 0 fully saturated rings. The summed E-state index contributed by atoms with van der Waals surface area (Å²) in [6, 6.07) is 3.24. The van der Waals surface area contributed by atoms with Gasteiger partial charge < -0.3 is 14.0 Å². The number of unbranched alkanes of at least 4 members (excludes halogenated alkanes) is 1. The largest absolute Gasteiger partial charge is 1.00 e. The van der Waals surface area contributed by atoms with Crippen LogP contribution in [0.1, 0.15) is 29.6 Å². The van der Waals surface area contributed by atoms with E-state index in [0.717, 1.165) is 19.0 Å². The van der Waals surface area contributed by atoms with Gasteiger partial charge in [-0.2, -0.15) is 6.16 Å². The summed E-state index contributed by atoms with van der Waals surface area (Å²) < 4.78 is 5.14. The molecular formula is C12H14Cl2LiO2P. The number of halogens is 2. The van der Waals surface area contributed by atoms with Crippen molar-refractivity contribution in [1.29, 1.82) is 0 Å². The number of hydrogen-bond acceptors (Lipinski definition) is 2. The van der Waals surface area contributed by atoms with Crippen LogP contribution in [0, 0.1) is 0 Å². The predicted octanol–water partition coefficient (Wildman–Crippen LogP) is 1.50. The molecule has 0 aliphatic heterocycles. The quantitative estimate of drug-likeness (QED) is 0.344. The molecule has 0 aliphatic rings. The second kappa shape index (κ2) is 9.24. The maximum Gasteiger partial charge on any atom is 1.00 e. The molecule has 0 unspecified atom stereocenters. The molecule has 0 bridgehead atoms. The second-order valence-electron chi connectivity index (χ2n) is 3.57. The summed E-state index contributed by atoms with van der Waals surface area (Å²) in [6.45, 7) is 0. The summed E-state index contributed by atoms with van der Waals surface area (Å²) in [7, 11) is 4.85. The Morgan fingerprint density at radius 1 is 1.28 bits per heavy atom. The number of benzene rings is 1. The monoisotopic (exact) mass is 298 g/mol. The minimum atomic E-state index is -0.0329. The van der Waals surface area contributed by atoms with Gasteiger partial charge in [0.25, 0.3) is 0 Å². The number of carbonyl (C=O) groups is 1. The standard InChI is InChI=1S/C12H14Cl2O2P.Li/c1-16-12-9(14)6-5-8(13)11(12)10(15)4-2-3-7-17;/h5-6,17H,2-4,7H2,1H3;/q-1;+1. The first-order valence-corrected chi connectivity index (χ1v) is 6.78. The fourth-order valence-electron chi connectivity index (χ4n) is 1.53. The van der Waals surface area contributed by atoms with Crippen LogP contribution in [0.15, 0.2) is 12.1 Å². The first-order chi connectivity index (χ1) is 8.11. The van der Waals surface area contributed by atoms with Crippen LogP contribution >= 0.6 is 32.4 Å². The van der Waals surface area contributed by atoms with Gasteiger partial charge in [-0.1, -0.05) is 29.6 Å². The Balaban J connectivity index is 0.00000289. The summed E-state index contributed by atoms with van der Waals surface area (Å²) in [6.07, 6.45) is 3.09. The van der Waals surface area contributed by atoms with Crippen LogP contribution in [-0.4, -0.2) is 19.1 Å². The fraction of sp³-hybridized carbons (Fsp3) is 0.417. The van der Waals surface area contributed by atoms with Crippen molar-refractivity contribution >= 4 is 38.2 Å². The van der Waals surface area contributed by atoms with Crippen LogP contribution in [-0.2, 0) is 0 Å². The van der Waals surface area contributed by atoms with Crippen molar-refractivity contribution in [2.24, 2.45) is 0 Å². The molecule has 6 heteroatoms. The van der Waals surface area contributed by atoms with Crippen LogP contribution in [0.5, 0.6) is 5.75 Å². The number of carbonyl (C=O) groups excluding carboxylic acids is 1. The van der Waals surface area contributed by atoms with E-state index in [1.54, 1.807) is 12.1 Å². The molecule has 0 aliphatic carbocycles. The molecule has 0 atom stereocenters. The second-order valence-corrected chi connectivity index (χ2v) is 4.88. The molecule has 0 heterocycles. The third-order valence-corrected chi connectivity index (χ3v) is 3.34. The van der Waals surface area contributed by atoms with Gasteiger partial charge in [-0.15, -0.1) is 0 Å². The van der Waals surface area contributed by atoms with Gasteiger partial charge in [-0.05, 0) is 18.6 Å². The first kappa shape index (κ1) is 18.3. The van der Waals surface area contributed by atoms with Crippen molar-refractivity contribution in [3.05, 3.63) is 27.7 Å². The number of methoxy groups -OCH3 is 1. The maximum absolute atomic E-state index is 12.0. The van der Waals surface area contributed by atoms with Crippen molar-refractivity contribution in [3.63, 3.8) is 0 Å². The Kier molecular flexibility index (Phi) is 9.39. The predicted molar refractivity (Wildman–Crippen MR) is 74.4 cm³/mol. The summed E-state index contributed by atoms with van der Waals surface area (Å²) in [5, 5.41) is 0.787. The number of ketones is 1. The van der Waals surface area contributed by atoms with E-state index in [1.807, 2.05) is 0 Å². The first-order valence-electron chi connectivity index (χ1n) is 5.31. The van der Waals surface area contributed by atoms with Crippen LogP contribution in [0.3, 0.4) is 0 Å². The van der Waals surface area contributed by atoms with Crippen LogP contribution in [0.2, 0.25) is 10.0 Å². The molecule has 1 rings (SSSR count). The summed E-state index contributed by atoms with van der Waals surface area (Å²) in [4.78, 5) is 12.0. The third-order valence-electron chi connectivity index (χ3n) is 2.37. The average molecular weight is 299 g/mol. The van der Waals surface area contributed by atoms with Gasteiger partial charge in [0.2, 0.25) is 0 Å². The Bertz CT molecular complexity index is 413. The molecule has 1 aromatic rings. The van der Waals surface area contributed by atoms with Gasteiger partial charge in [0, 0.05) is 6.42 Å². The van der Waals surface area contributed by atoms with Gasteiger partial charge in [-0.25, -0.2) is 0 Å². The molecular weight excluding hydrogens is 285 g/mol. The SMILES string of the molecule is COc1c(Cl)ccc(Cl)c1C(=O)CCCC[PH-].[Li+]. The average Bonchev–Trinajstić information content (AvgIpc) is 2.31. The summed E-state index contributed by atoms with van der Waals surface area (Å²) in [5.74, 6) is 0.331. The zero-order chi connectivity index (χ0) is 12.8. The Morgan fingerprint density at radius 2 is 1.89 bits per heavy atom. The van der Waals surface area contributed by atoms with E-state index in [4.69, 9.17) is 27.9 Å². The molecule has 0 radical (unpaired) electrons. The van der Waals surface area contributed by atoms with E-state index in [2.05, 4.69) is 9.24 Å². The third kappa shape index (κ3) is 4.76. The minimum Gasteiger partial charge on any atom is -0.558 e. The van der Waals surface area contributed by atoms with E-state index >= 15 is 0 Å². The normalized spacial score (nSPS) is 9.78. The number of rotatable bonds is 6. The van der Waals surface area contributed by atoms with Crippen LogP contribution in [0.4, 0.5) is 0 Å². The topological polar surface area (TPSA) is 26.3 Å². The molecule has 1 aromatic carbocycles. The number of Topliss-reactive ketones (excluding diaryl/α,β-unsaturated/α-hetero) is 1. The Hall–Kier alpha value is 0.297. The zero-order valence-electron chi connectivity index (χ0n) is 10.6. The maximum atomic E-state index is 12.0. The van der Waals surface area contributed by atoms with Gasteiger partial charge in [0.05, 0.1) is 22.7 Å². The van der Waals surface area contributed by atoms with Gasteiger partial charge in [0.15, 0.2) is 5.78 Å². The van der Waals surface area contributed by atoms with Gasteiger partial charge in [-0.3, -0.25) is 4.79 Å². The van der Waals surface area contributed by atoms with Crippen molar-refractivity contribution in [2.45, 2.75) is 19.3 Å². The molecule has 0 aromatic heterocycles. The molecule has 0 amide bonds. The van der Waals surface area contributed by atoms with Crippen molar-refractivity contribution in [3.8, 4) is 5.75 Å². The van der Waals surface area contributed by atoms with Crippen LogP contribution in [0.25, 0.3) is 0 Å². The number of hydrogen-bond donors (Lipinski definition) is 0. The van der Waals surface area contributed by atoms with Crippen molar-refractivity contribution in [2.75, 3.05) is 13.3 Å². The molecule has 2 nitrogen and oxygen atoms in total. The zero-order valence-corrected chi connectivity index (χ0v) is 13.1. The molecule has 0 saturated carbocycles. The van der Waals surface area contributed by atoms with E-state index < -0.39 is 0 Å². The minimum absolute atomic E-state index is 0. The fourth-order valence-corrected chi connectivity index (χ4v) is 2.27. The van der Waals surface area contributed by atoms with E-state index in [0.29, 0.717) is 27.8 Å². The smallest absolute Gasteiger partial charge is 0.558 e. The van der Waals surface area contributed by atoms with E-state index in [9.17, 15) is 4.79 Å². The van der Waals surface area contributed by atoms with Crippen molar-refractivity contribution < 1.29 is 28.4 Å².